The zero-order valence-corrected chi connectivity index (χ0v) is 12.1. The molecule has 2 aromatic rings. The molecule has 1 unspecified atom stereocenters. The highest BCUT2D eigenvalue weighted by molar-refractivity contribution is 9.10. The minimum Gasteiger partial charge on any atom is -0.457 e. The highest BCUT2D eigenvalue weighted by Crippen LogP contribution is 2.31. The van der Waals surface area contributed by atoms with E-state index in [0.717, 1.165) is 21.5 Å². The quantitative estimate of drug-likeness (QED) is 0.896. The Hall–Kier alpha value is -1.32. The Morgan fingerprint density at radius 3 is 2.50 bits per heavy atom. The van der Waals surface area contributed by atoms with Crippen LogP contribution in [0.2, 0.25) is 0 Å². The van der Waals surface area contributed by atoms with Gasteiger partial charge >= 0.3 is 0 Å². The molecule has 0 aliphatic heterocycles. The average Bonchev–Trinajstić information content (AvgIpc) is 2.41. The summed E-state index contributed by atoms with van der Waals surface area (Å²) in [7, 11) is 1.94. The van der Waals surface area contributed by atoms with Gasteiger partial charge in [0, 0.05) is 16.1 Å². The Labute approximate surface area is 116 Å². The van der Waals surface area contributed by atoms with Crippen molar-refractivity contribution < 1.29 is 4.74 Å². The highest BCUT2D eigenvalue weighted by atomic mass is 79.9. The van der Waals surface area contributed by atoms with Gasteiger partial charge in [0.15, 0.2) is 0 Å². The molecule has 1 atom stereocenters. The van der Waals surface area contributed by atoms with Crippen molar-refractivity contribution in [3.05, 3.63) is 58.6 Å². The van der Waals surface area contributed by atoms with Gasteiger partial charge in [-0.2, -0.15) is 0 Å². The minimum absolute atomic E-state index is 0.237. The summed E-state index contributed by atoms with van der Waals surface area (Å²) in [5.74, 6) is 1.73. The third-order valence-electron chi connectivity index (χ3n) is 2.84. The highest BCUT2D eigenvalue weighted by Gasteiger charge is 2.11. The maximum absolute atomic E-state index is 5.93. The molecule has 2 aromatic carbocycles. The Morgan fingerprint density at radius 2 is 1.83 bits per heavy atom. The Balaban J connectivity index is 2.32. The summed E-state index contributed by atoms with van der Waals surface area (Å²) < 4.78 is 6.98. The first-order chi connectivity index (χ1) is 8.70. The van der Waals surface area contributed by atoms with E-state index in [9.17, 15) is 0 Å². The van der Waals surface area contributed by atoms with Gasteiger partial charge in [-0.3, -0.25) is 0 Å². The van der Waals surface area contributed by atoms with E-state index < -0.39 is 0 Å². The first-order valence-electron chi connectivity index (χ1n) is 5.90. The van der Waals surface area contributed by atoms with Crippen LogP contribution in [0, 0.1) is 0 Å². The largest absolute Gasteiger partial charge is 0.457 e. The topological polar surface area (TPSA) is 21.3 Å². The molecule has 0 aliphatic rings. The van der Waals surface area contributed by atoms with Gasteiger partial charge in [0.1, 0.15) is 11.5 Å². The standard InChI is InChI=1S/C15H16BrNO/c1-11(17-2)14-10-12(16)8-9-15(14)18-13-6-4-3-5-7-13/h3-11,17H,1-2H3. The molecule has 0 aliphatic carbocycles. The third-order valence-corrected chi connectivity index (χ3v) is 3.34. The maximum Gasteiger partial charge on any atom is 0.132 e. The van der Waals surface area contributed by atoms with Gasteiger partial charge in [0.05, 0.1) is 0 Å². The number of hydrogen-bond acceptors (Lipinski definition) is 2. The smallest absolute Gasteiger partial charge is 0.132 e. The van der Waals surface area contributed by atoms with E-state index in [2.05, 4.69) is 34.2 Å². The van der Waals surface area contributed by atoms with Gasteiger partial charge in [0.2, 0.25) is 0 Å². The van der Waals surface area contributed by atoms with Crippen molar-refractivity contribution >= 4 is 15.9 Å². The van der Waals surface area contributed by atoms with E-state index in [0.29, 0.717) is 0 Å². The summed E-state index contributed by atoms with van der Waals surface area (Å²) in [5, 5.41) is 3.23. The van der Waals surface area contributed by atoms with Gasteiger partial charge in [-0.15, -0.1) is 0 Å². The molecule has 2 rings (SSSR count). The summed E-state index contributed by atoms with van der Waals surface area (Å²) in [4.78, 5) is 0. The van der Waals surface area contributed by atoms with Crippen LogP contribution in [-0.4, -0.2) is 7.05 Å². The first-order valence-corrected chi connectivity index (χ1v) is 6.69. The lowest BCUT2D eigenvalue weighted by atomic mass is 10.1. The number of benzene rings is 2. The summed E-state index contributed by atoms with van der Waals surface area (Å²) in [5.41, 5.74) is 1.13. The van der Waals surface area contributed by atoms with Crippen molar-refractivity contribution in [3.63, 3.8) is 0 Å². The summed E-state index contributed by atoms with van der Waals surface area (Å²) in [6, 6.07) is 16.1. The fourth-order valence-electron chi connectivity index (χ4n) is 1.72. The molecule has 2 nitrogen and oxygen atoms in total. The van der Waals surface area contributed by atoms with Gasteiger partial charge in [-0.25, -0.2) is 0 Å². The van der Waals surface area contributed by atoms with E-state index in [4.69, 9.17) is 4.74 Å². The summed E-state index contributed by atoms with van der Waals surface area (Å²) in [6.07, 6.45) is 0. The molecule has 94 valence electrons. The zero-order chi connectivity index (χ0) is 13.0. The molecule has 3 heteroatoms. The van der Waals surface area contributed by atoms with E-state index >= 15 is 0 Å². The van der Waals surface area contributed by atoms with Crippen molar-refractivity contribution in [2.24, 2.45) is 0 Å². The molecule has 0 bridgehead atoms. The summed E-state index contributed by atoms with van der Waals surface area (Å²) >= 11 is 3.50. The van der Waals surface area contributed by atoms with Crippen LogP contribution < -0.4 is 10.1 Å². The molecule has 0 radical (unpaired) electrons. The average molecular weight is 306 g/mol. The lowest BCUT2D eigenvalue weighted by Gasteiger charge is -2.16. The van der Waals surface area contributed by atoms with Crippen molar-refractivity contribution in [3.8, 4) is 11.5 Å². The van der Waals surface area contributed by atoms with E-state index in [1.807, 2.05) is 49.5 Å². The third kappa shape index (κ3) is 3.12. The van der Waals surface area contributed by atoms with Crippen LogP contribution in [0.4, 0.5) is 0 Å². The Morgan fingerprint density at radius 1 is 1.11 bits per heavy atom. The van der Waals surface area contributed by atoms with Crippen LogP contribution >= 0.6 is 15.9 Å². The second kappa shape index (κ2) is 6.03. The fraction of sp³-hybridized carbons (Fsp3) is 0.200. The molecule has 0 heterocycles. The Kier molecular flexibility index (Phi) is 4.39. The SMILES string of the molecule is CNC(C)c1cc(Br)ccc1Oc1ccccc1. The van der Waals surface area contributed by atoms with Crippen molar-refractivity contribution in [1.82, 2.24) is 5.32 Å². The number of halogens is 1. The lowest BCUT2D eigenvalue weighted by molar-refractivity contribution is 0.466. The van der Waals surface area contributed by atoms with Crippen molar-refractivity contribution in [2.45, 2.75) is 13.0 Å². The van der Waals surface area contributed by atoms with Crippen LogP contribution in [0.3, 0.4) is 0 Å². The predicted octanol–water partition coefficient (Wildman–Crippen LogP) is 4.52. The molecule has 0 fully saturated rings. The molecule has 18 heavy (non-hydrogen) atoms. The number of nitrogens with one attached hydrogen (secondary N) is 1. The molecule has 0 saturated carbocycles. The van der Waals surface area contributed by atoms with Crippen LogP contribution in [0.1, 0.15) is 18.5 Å². The van der Waals surface area contributed by atoms with Gasteiger partial charge in [0.25, 0.3) is 0 Å². The molecular weight excluding hydrogens is 290 g/mol. The first kappa shape index (κ1) is 13.1. The van der Waals surface area contributed by atoms with E-state index in [1.165, 1.54) is 0 Å². The number of ether oxygens (including phenoxy) is 1. The second-order valence-corrected chi connectivity index (χ2v) is 5.02. The molecular formula is C15H16BrNO. The molecule has 0 aromatic heterocycles. The normalized spacial score (nSPS) is 12.2. The van der Waals surface area contributed by atoms with Crippen LogP contribution in [0.25, 0.3) is 0 Å². The molecule has 1 N–H and O–H groups in total. The number of rotatable bonds is 4. The monoisotopic (exact) mass is 305 g/mol. The van der Waals surface area contributed by atoms with Gasteiger partial charge in [-0.1, -0.05) is 34.1 Å². The number of para-hydroxylation sites is 1. The van der Waals surface area contributed by atoms with Crippen LogP contribution in [-0.2, 0) is 0 Å². The fourth-order valence-corrected chi connectivity index (χ4v) is 2.10. The summed E-state index contributed by atoms with van der Waals surface area (Å²) in [6.45, 7) is 2.11. The van der Waals surface area contributed by atoms with E-state index in [-0.39, 0.29) is 6.04 Å². The van der Waals surface area contributed by atoms with Crippen LogP contribution in [0.5, 0.6) is 11.5 Å². The molecule has 0 amide bonds. The second-order valence-electron chi connectivity index (χ2n) is 4.11. The van der Waals surface area contributed by atoms with Crippen molar-refractivity contribution in [1.29, 1.82) is 0 Å². The lowest BCUT2D eigenvalue weighted by Crippen LogP contribution is -2.13. The van der Waals surface area contributed by atoms with E-state index in [1.54, 1.807) is 0 Å². The minimum atomic E-state index is 0.237. The maximum atomic E-state index is 5.93. The molecule has 0 saturated heterocycles. The van der Waals surface area contributed by atoms with Crippen molar-refractivity contribution in [2.75, 3.05) is 7.05 Å². The zero-order valence-electron chi connectivity index (χ0n) is 10.5. The number of hydrogen-bond donors (Lipinski definition) is 1. The van der Waals surface area contributed by atoms with Crippen LogP contribution in [0.15, 0.2) is 53.0 Å². The van der Waals surface area contributed by atoms with Gasteiger partial charge < -0.3 is 10.1 Å². The predicted molar refractivity (Wildman–Crippen MR) is 78.1 cm³/mol. The Bertz CT molecular complexity index is 513. The van der Waals surface area contributed by atoms with Gasteiger partial charge in [-0.05, 0) is 44.3 Å². The molecule has 0 spiro atoms.